The van der Waals surface area contributed by atoms with Crippen molar-refractivity contribution in [3.63, 3.8) is 0 Å². The van der Waals surface area contributed by atoms with Crippen molar-refractivity contribution in [1.29, 1.82) is 0 Å². The molecule has 5 heteroatoms. The summed E-state index contributed by atoms with van der Waals surface area (Å²) < 4.78 is 17.7. The Balaban J connectivity index is 1.47. The zero-order chi connectivity index (χ0) is 21.8. The molecule has 166 valence electrons. The molecule has 31 heavy (non-hydrogen) atoms. The van der Waals surface area contributed by atoms with Crippen LogP contribution in [0.25, 0.3) is 0 Å². The first-order valence-corrected chi connectivity index (χ1v) is 11.7. The summed E-state index contributed by atoms with van der Waals surface area (Å²) >= 11 is 0. The molecule has 1 spiro atoms. The minimum Gasteiger partial charge on any atom is -0.472 e. The van der Waals surface area contributed by atoms with Gasteiger partial charge in [0.05, 0.1) is 36.1 Å². The van der Waals surface area contributed by atoms with Gasteiger partial charge in [0.15, 0.2) is 0 Å². The maximum absolute atomic E-state index is 14.0. The topological polar surface area (TPSA) is 65.7 Å². The second kappa shape index (κ2) is 5.92. The minimum absolute atomic E-state index is 0.0515. The summed E-state index contributed by atoms with van der Waals surface area (Å²) in [6.07, 6.45) is 9.52. The van der Waals surface area contributed by atoms with E-state index in [9.17, 15) is 9.59 Å². The molecule has 5 aliphatic rings. The molecule has 1 aromatic rings. The number of hydrogen-bond donors (Lipinski definition) is 0. The normalized spacial score (nSPS) is 47.7. The second-order valence-electron chi connectivity index (χ2n) is 11.5. The van der Waals surface area contributed by atoms with Crippen LogP contribution in [-0.2, 0) is 19.1 Å². The highest BCUT2D eigenvalue weighted by molar-refractivity contribution is 5.91. The molecule has 0 N–H and O–H groups in total. The molecule has 0 radical (unpaired) electrons. The van der Waals surface area contributed by atoms with Gasteiger partial charge in [-0.3, -0.25) is 9.59 Å². The molecule has 2 saturated carbocycles. The fraction of sp³-hybridized carbons (Fsp3) is 0.692. The Bertz CT molecular complexity index is 989. The van der Waals surface area contributed by atoms with Crippen LogP contribution in [0.3, 0.4) is 0 Å². The van der Waals surface area contributed by atoms with Gasteiger partial charge in [-0.05, 0) is 68.9 Å². The number of ether oxygens (including phenoxy) is 2. The summed E-state index contributed by atoms with van der Waals surface area (Å²) in [6.45, 7) is 9.09. The molecular weight excluding hydrogens is 392 g/mol. The number of Topliss-reactive ketones (excluding diaryl/α,β-unsaturated/α-hetero) is 1. The van der Waals surface area contributed by atoms with E-state index < -0.39 is 11.0 Å². The fourth-order valence-electron chi connectivity index (χ4n) is 8.75. The van der Waals surface area contributed by atoms with E-state index in [2.05, 4.69) is 39.8 Å². The molecule has 7 atom stereocenters. The summed E-state index contributed by atoms with van der Waals surface area (Å²) in [7, 11) is 0. The summed E-state index contributed by atoms with van der Waals surface area (Å²) in [5.74, 6) is 0.727. The Labute approximate surface area is 183 Å². The van der Waals surface area contributed by atoms with Crippen molar-refractivity contribution < 1.29 is 23.5 Å². The predicted octanol–water partition coefficient (Wildman–Crippen LogP) is 4.82. The lowest BCUT2D eigenvalue weighted by atomic mass is 9.40. The number of furan rings is 1. The highest BCUT2D eigenvalue weighted by Gasteiger charge is 2.74. The standard InChI is InChI=1S/C26H32O5/c1-23(2)19-11-20(27)25(4)17-6-5-16(15-8-10-29-13-15)24(17,3)9-7-18(25)26(19)14-30-22(28)12-21(26)31-23/h6,8,10,13,16,18-19,21H,5,7,9,11-12,14H2,1-4H3/t16-,18-,19+,21+,24-,25+,26+/m0/s1. The average molecular weight is 425 g/mol. The van der Waals surface area contributed by atoms with Crippen molar-refractivity contribution in [2.75, 3.05) is 6.61 Å². The van der Waals surface area contributed by atoms with Crippen molar-refractivity contribution in [1.82, 2.24) is 0 Å². The highest BCUT2D eigenvalue weighted by Crippen LogP contribution is 2.73. The molecule has 3 heterocycles. The van der Waals surface area contributed by atoms with Crippen molar-refractivity contribution >= 4 is 11.8 Å². The Morgan fingerprint density at radius 2 is 1.87 bits per heavy atom. The molecular formula is C26H32O5. The average Bonchev–Trinajstić information content (AvgIpc) is 3.38. The van der Waals surface area contributed by atoms with Crippen molar-refractivity contribution in [3.05, 3.63) is 35.8 Å². The highest BCUT2D eigenvalue weighted by atomic mass is 16.6. The van der Waals surface area contributed by atoms with Crippen LogP contribution in [0, 0.1) is 28.1 Å². The summed E-state index contributed by atoms with van der Waals surface area (Å²) in [4.78, 5) is 26.2. The Kier molecular flexibility index (Phi) is 3.78. The number of hydrogen-bond acceptors (Lipinski definition) is 5. The number of cyclic esters (lactones) is 1. The van der Waals surface area contributed by atoms with E-state index in [1.807, 2.05) is 6.26 Å². The maximum Gasteiger partial charge on any atom is 0.308 e. The zero-order valence-electron chi connectivity index (χ0n) is 18.9. The third kappa shape index (κ3) is 2.21. The molecule has 3 aliphatic carbocycles. The first-order valence-electron chi connectivity index (χ1n) is 11.7. The monoisotopic (exact) mass is 424 g/mol. The number of carbonyl (C=O) groups is 2. The van der Waals surface area contributed by atoms with Gasteiger partial charge in [0.1, 0.15) is 12.4 Å². The van der Waals surface area contributed by atoms with E-state index in [0.717, 1.165) is 19.3 Å². The van der Waals surface area contributed by atoms with Gasteiger partial charge in [0.2, 0.25) is 0 Å². The van der Waals surface area contributed by atoms with Crippen molar-refractivity contribution in [3.8, 4) is 0 Å². The van der Waals surface area contributed by atoms with E-state index in [-0.39, 0.29) is 34.7 Å². The van der Waals surface area contributed by atoms with Crippen LogP contribution < -0.4 is 0 Å². The molecule has 0 amide bonds. The first kappa shape index (κ1) is 19.8. The van der Waals surface area contributed by atoms with Crippen LogP contribution in [0.2, 0.25) is 0 Å². The number of allylic oxidation sites excluding steroid dienone is 2. The first-order chi connectivity index (χ1) is 14.6. The number of rotatable bonds is 1. The lowest BCUT2D eigenvalue weighted by molar-refractivity contribution is -0.186. The molecule has 2 saturated heterocycles. The Morgan fingerprint density at radius 3 is 2.61 bits per heavy atom. The number of carbonyl (C=O) groups excluding carboxylic acids is 2. The Morgan fingerprint density at radius 1 is 1.06 bits per heavy atom. The van der Waals surface area contributed by atoms with Gasteiger partial charge in [0, 0.05) is 17.8 Å². The molecule has 0 aromatic carbocycles. The third-order valence-electron chi connectivity index (χ3n) is 10.1. The molecule has 0 bridgehead atoms. The van der Waals surface area contributed by atoms with Crippen molar-refractivity contribution in [2.24, 2.45) is 28.1 Å². The smallest absolute Gasteiger partial charge is 0.308 e. The fourth-order valence-corrected chi connectivity index (χ4v) is 8.75. The quantitative estimate of drug-likeness (QED) is 0.478. The second-order valence-corrected chi connectivity index (χ2v) is 11.5. The number of esters is 1. The van der Waals surface area contributed by atoms with Crippen LogP contribution in [0.15, 0.2) is 34.7 Å². The molecule has 4 fully saturated rings. The van der Waals surface area contributed by atoms with Gasteiger partial charge in [0.25, 0.3) is 0 Å². The van der Waals surface area contributed by atoms with E-state index >= 15 is 0 Å². The zero-order valence-corrected chi connectivity index (χ0v) is 18.9. The van der Waals surface area contributed by atoms with Gasteiger partial charge in [-0.2, -0.15) is 0 Å². The van der Waals surface area contributed by atoms with Gasteiger partial charge in [-0.15, -0.1) is 0 Å². The predicted molar refractivity (Wildman–Crippen MR) is 113 cm³/mol. The van der Waals surface area contributed by atoms with Crippen LogP contribution in [0.4, 0.5) is 0 Å². The van der Waals surface area contributed by atoms with E-state index in [0.29, 0.717) is 31.1 Å². The van der Waals surface area contributed by atoms with Crippen molar-refractivity contribution in [2.45, 2.75) is 77.4 Å². The summed E-state index contributed by atoms with van der Waals surface area (Å²) in [5.41, 5.74) is 1.23. The lowest BCUT2D eigenvalue weighted by Gasteiger charge is -2.62. The van der Waals surface area contributed by atoms with E-state index in [4.69, 9.17) is 13.9 Å². The minimum atomic E-state index is -0.534. The number of ketones is 1. The van der Waals surface area contributed by atoms with Crippen LogP contribution in [0.1, 0.15) is 71.3 Å². The van der Waals surface area contributed by atoms with E-state index in [1.54, 1.807) is 6.26 Å². The molecule has 1 aromatic heterocycles. The van der Waals surface area contributed by atoms with Gasteiger partial charge in [-0.1, -0.05) is 18.6 Å². The SMILES string of the molecule is CC1(C)O[C@@H]2CC(=O)OC[C@@]23[C@@H]1CC(=O)[C@]1(C)C2=CC[C@@H](c4ccoc4)[C@]2(C)CC[C@@H]13. The third-order valence-corrected chi connectivity index (χ3v) is 10.1. The Hall–Kier alpha value is -1.88. The molecule has 0 unspecified atom stereocenters. The van der Waals surface area contributed by atoms with Crippen LogP contribution in [-0.4, -0.2) is 30.1 Å². The summed E-state index contributed by atoms with van der Waals surface area (Å²) in [5, 5.41) is 0. The van der Waals surface area contributed by atoms with Crippen LogP contribution >= 0.6 is 0 Å². The maximum atomic E-state index is 14.0. The summed E-state index contributed by atoms with van der Waals surface area (Å²) in [6, 6.07) is 2.07. The van der Waals surface area contributed by atoms with Gasteiger partial charge >= 0.3 is 5.97 Å². The molecule has 5 nitrogen and oxygen atoms in total. The van der Waals surface area contributed by atoms with Crippen LogP contribution in [0.5, 0.6) is 0 Å². The van der Waals surface area contributed by atoms with E-state index in [1.165, 1.54) is 11.1 Å². The van der Waals surface area contributed by atoms with Gasteiger partial charge in [-0.25, -0.2) is 0 Å². The largest absolute Gasteiger partial charge is 0.472 e. The van der Waals surface area contributed by atoms with Gasteiger partial charge < -0.3 is 13.9 Å². The lowest BCUT2D eigenvalue weighted by Crippen LogP contribution is -2.65. The molecule has 6 rings (SSSR count). The molecule has 2 aliphatic heterocycles. The number of fused-ring (bicyclic) bond motifs is 3.